The topological polar surface area (TPSA) is 115 Å². The Hall–Kier alpha value is -3.75. The minimum atomic E-state index is -0.468. The van der Waals surface area contributed by atoms with Gasteiger partial charge in [-0.3, -0.25) is 15.1 Å². The van der Waals surface area contributed by atoms with E-state index in [-0.39, 0.29) is 11.7 Å². The molecular formula is C20H22N6O3. The average Bonchev–Trinajstić information content (AvgIpc) is 2.74. The fraction of sp³-hybridized carbons (Fsp3) is 0.250. The predicted molar refractivity (Wildman–Crippen MR) is 112 cm³/mol. The van der Waals surface area contributed by atoms with E-state index in [9.17, 15) is 10.1 Å². The van der Waals surface area contributed by atoms with E-state index in [4.69, 9.17) is 4.74 Å². The van der Waals surface area contributed by atoms with Gasteiger partial charge in [0.1, 0.15) is 17.3 Å². The first-order valence-electron chi connectivity index (χ1n) is 9.16. The predicted octanol–water partition coefficient (Wildman–Crippen LogP) is 4.41. The molecule has 1 atom stereocenters. The normalized spacial score (nSPS) is 11.6. The quantitative estimate of drug-likeness (QED) is 0.426. The molecule has 2 aromatic heterocycles. The van der Waals surface area contributed by atoms with Crippen LogP contribution in [0.25, 0.3) is 11.4 Å². The van der Waals surface area contributed by atoms with Gasteiger partial charge in [0.2, 0.25) is 5.95 Å². The number of anilines is 3. The first-order chi connectivity index (χ1) is 14.0. The van der Waals surface area contributed by atoms with E-state index >= 15 is 0 Å². The summed E-state index contributed by atoms with van der Waals surface area (Å²) >= 11 is 0. The number of nitro groups is 1. The van der Waals surface area contributed by atoms with Gasteiger partial charge in [0.05, 0.1) is 29.5 Å². The molecule has 29 heavy (non-hydrogen) atoms. The van der Waals surface area contributed by atoms with Crippen molar-refractivity contribution >= 4 is 23.1 Å². The van der Waals surface area contributed by atoms with Crippen molar-refractivity contribution in [1.29, 1.82) is 0 Å². The highest BCUT2D eigenvalue weighted by Crippen LogP contribution is 2.32. The number of hydrogen-bond acceptors (Lipinski definition) is 8. The van der Waals surface area contributed by atoms with Crippen molar-refractivity contribution in [2.75, 3.05) is 17.7 Å². The largest absolute Gasteiger partial charge is 0.496 e. The molecule has 3 aromatic rings. The summed E-state index contributed by atoms with van der Waals surface area (Å²) < 4.78 is 5.09. The number of aromatic nitrogens is 3. The molecule has 0 bridgehead atoms. The third-order valence-electron chi connectivity index (χ3n) is 4.31. The number of nitrogens with zero attached hydrogens (tertiary/aromatic N) is 4. The average molecular weight is 394 g/mol. The second-order valence-electron chi connectivity index (χ2n) is 6.40. The minimum absolute atomic E-state index is 0.112. The zero-order chi connectivity index (χ0) is 20.8. The number of benzene rings is 1. The third kappa shape index (κ3) is 4.95. The van der Waals surface area contributed by atoms with Crippen LogP contribution in [0.5, 0.6) is 5.75 Å². The monoisotopic (exact) mass is 394 g/mol. The first-order valence-corrected chi connectivity index (χ1v) is 9.16. The number of rotatable bonds is 8. The zero-order valence-electron chi connectivity index (χ0n) is 16.4. The SMILES string of the molecule is CC[C@H](C)Nc1nc(Nc2ccc(OC)cc2[N+](=O)[O-])cc(-c2ccccn2)n1. The minimum Gasteiger partial charge on any atom is -0.496 e. The van der Waals surface area contributed by atoms with Gasteiger partial charge in [0, 0.05) is 18.3 Å². The number of methoxy groups -OCH3 is 1. The van der Waals surface area contributed by atoms with Crippen molar-refractivity contribution in [3.8, 4) is 17.1 Å². The maximum Gasteiger partial charge on any atom is 0.296 e. The van der Waals surface area contributed by atoms with Gasteiger partial charge in [-0.1, -0.05) is 13.0 Å². The van der Waals surface area contributed by atoms with Crippen LogP contribution < -0.4 is 15.4 Å². The molecule has 3 rings (SSSR count). The molecule has 150 valence electrons. The molecule has 2 N–H and O–H groups in total. The number of nitrogens with one attached hydrogen (secondary N) is 2. The van der Waals surface area contributed by atoms with E-state index in [1.54, 1.807) is 24.4 Å². The molecule has 2 heterocycles. The van der Waals surface area contributed by atoms with E-state index in [0.717, 1.165) is 6.42 Å². The van der Waals surface area contributed by atoms with Crippen LogP contribution in [-0.4, -0.2) is 33.0 Å². The highest BCUT2D eigenvalue weighted by atomic mass is 16.6. The summed E-state index contributed by atoms with van der Waals surface area (Å²) in [5.74, 6) is 1.24. The fourth-order valence-corrected chi connectivity index (χ4v) is 2.58. The molecule has 0 amide bonds. The van der Waals surface area contributed by atoms with E-state index in [2.05, 4.69) is 32.5 Å². The molecule has 9 heteroatoms. The Labute approximate surface area is 168 Å². The Kier molecular flexibility index (Phi) is 6.18. The summed E-state index contributed by atoms with van der Waals surface area (Å²) in [5, 5.41) is 17.7. The first kappa shape index (κ1) is 20.0. The summed E-state index contributed by atoms with van der Waals surface area (Å²) in [7, 11) is 1.46. The lowest BCUT2D eigenvalue weighted by Gasteiger charge is -2.14. The Bertz CT molecular complexity index is 997. The van der Waals surface area contributed by atoms with E-state index in [0.29, 0.717) is 34.6 Å². The standard InChI is InChI=1S/C20H22N6O3/c1-4-13(2)22-20-24-17(15-7-5-6-10-21-15)12-19(25-20)23-16-9-8-14(29-3)11-18(16)26(27)28/h5-13H,4H2,1-3H3,(H2,22,23,24,25)/t13-/m0/s1. The van der Waals surface area contributed by atoms with E-state index < -0.39 is 4.92 Å². The molecular weight excluding hydrogens is 372 g/mol. The highest BCUT2D eigenvalue weighted by molar-refractivity contribution is 5.72. The lowest BCUT2D eigenvalue weighted by atomic mass is 10.2. The Morgan fingerprint density at radius 3 is 2.66 bits per heavy atom. The van der Waals surface area contributed by atoms with Crippen molar-refractivity contribution in [3.05, 3.63) is 58.8 Å². The number of nitro benzene ring substituents is 1. The summed E-state index contributed by atoms with van der Waals surface area (Å²) in [6.07, 6.45) is 2.57. The summed E-state index contributed by atoms with van der Waals surface area (Å²) in [6.45, 7) is 4.08. The second kappa shape index (κ2) is 8.96. The van der Waals surface area contributed by atoms with Crippen LogP contribution in [0.1, 0.15) is 20.3 Å². The maximum atomic E-state index is 11.5. The summed E-state index contributed by atoms with van der Waals surface area (Å²) in [5.41, 5.74) is 1.47. The van der Waals surface area contributed by atoms with Crippen LogP contribution in [0.2, 0.25) is 0 Å². The van der Waals surface area contributed by atoms with Crippen molar-refractivity contribution < 1.29 is 9.66 Å². The Morgan fingerprint density at radius 1 is 1.17 bits per heavy atom. The molecule has 0 spiro atoms. The molecule has 0 aliphatic rings. The van der Waals surface area contributed by atoms with Gasteiger partial charge < -0.3 is 15.4 Å². The van der Waals surface area contributed by atoms with Crippen LogP contribution in [0.4, 0.5) is 23.1 Å². The molecule has 0 unspecified atom stereocenters. The number of hydrogen-bond donors (Lipinski definition) is 2. The van der Waals surface area contributed by atoms with Gasteiger partial charge in [-0.05, 0) is 37.6 Å². The van der Waals surface area contributed by atoms with Crippen LogP contribution in [0, 0.1) is 10.1 Å². The van der Waals surface area contributed by atoms with Gasteiger partial charge in [-0.25, -0.2) is 4.98 Å². The van der Waals surface area contributed by atoms with Crippen LogP contribution in [0.15, 0.2) is 48.7 Å². The molecule has 0 aliphatic heterocycles. The van der Waals surface area contributed by atoms with E-state index in [1.165, 1.54) is 13.2 Å². The smallest absolute Gasteiger partial charge is 0.296 e. The molecule has 0 saturated carbocycles. The van der Waals surface area contributed by atoms with Gasteiger partial charge in [-0.2, -0.15) is 4.98 Å². The van der Waals surface area contributed by atoms with Gasteiger partial charge >= 0.3 is 0 Å². The lowest BCUT2D eigenvalue weighted by molar-refractivity contribution is -0.384. The van der Waals surface area contributed by atoms with E-state index in [1.807, 2.05) is 25.1 Å². The third-order valence-corrected chi connectivity index (χ3v) is 4.31. The Morgan fingerprint density at radius 2 is 2.00 bits per heavy atom. The highest BCUT2D eigenvalue weighted by Gasteiger charge is 2.17. The number of ether oxygens (including phenoxy) is 1. The maximum absolute atomic E-state index is 11.5. The molecule has 0 fully saturated rings. The van der Waals surface area contributed by atoms with Crippen molar-refractivity contribution in [2.45, 2.75) is 26.3 Å². The molecule has 9 nitrogen and oxygen atoms in total. The van der Waals surface area contributed by atoms with Crippen LogP contribution in [0.3, 0.4) is 0 Å². The second-order valence-corrected chi connectivity index (χ2v) is 6.40. The molecule has 0 saturated heterocycles. The Balaban J connectivity index is 2.02. The van der Waals surface area contributed by atoms with Gasteiger partial charge in [0.25, 0.3) is 5.69 Å². The lowest BCUT2D eigenvalue weighted by Crippen LogP contribution is -2.16. The number of pyridine rings is 1. The van der Waals surface area contributed by atoms with Crippen molar-refractivity contribution in [2.24, 2.45) is 0 Å². The zero-order valence-corrected chi connectivity index (χ0v) is 16.4. The fourth-order valence-electron chi connectivity index (χ4n) is 2.58. The molecule has 0 aliphatic carbocycles. The van der Waals surface area contributed by atoms with Crippen LogP contribution >= 0.6 is 0 Å². The van der Waals surface area contributed by atoms with Gasteiger partial charge in [0.15, 0.2) is 0 Å². The summed E-state index contributed by atoms with van der Waals surface area (Å²) in [4.78, 5) is 24.4. The van der Waals surface area contributed by atoms with Gasteiger partial charge in [-0.15, -0.1) is 0 Å². The molecule has 0 radical (unpaired) electrons. The van der Waals surface area contributed by atoms with Crippen molar-refractivity contribution in [1.82, 2.24) is 15.0 Å². The molecule has 1 aromatic carbocycles. The van der Waals surface area contributed by atoms with Crippen LogP contribution in [-0.2, 0) is 0 Å². The van der Waals surface area contributed by atoms with Crippen molar-refractivity contribution in [3.63, 3.8) is 0 Å². The summed E-state index contributed by atoms with van der Waals surface area (Å²) in [6, 6.07) is 12.0.